The maximum Gasteiger partial charge on any atom is 2.00 e. The van der Waals surface area contributed by atoms with E-state index in [-0.39, 0.29) is 61.7 Å². The predicted molar refractivity (Wildman–Crippen MR) is 212 cm³/mol. The molecular formula is C44H82BaO4. The van der Waals surface area contributed by atoms with Gasteiger partial charge in [0.2, 0.25) is 0 Å². The molecule has 0 aromatic carbocycles. The van der Waals surface area contributed by atoms with E-state index >= 15 is 0 Å². The first-order valence-electron chi connectivity index (χ1n) is 21.2. The summed E-state index contributed by atoms with van der Waals surface area (Å²) in [4.78, 5) is 20.5. The second kappa shape index (κ2) is 50.1. The van der Waals surface area contributed by atoms with Gasteiger partial charge in [-0.25, -0.2) is 0 Å². The van der Waals surface area contributed by atoms with Crippen molar-refractivity contribution in [2.24, 2.45) is 0 Å². The average molecular weight is 812 g/mol. The molecule has 0 aliphatic rings. The van der Waals surface area contributed by atoms with E-state index in [1.54, 1.807) is 0 Å². The number of rotatable bonds is 38. The molecule has 0 aliphatic carbocycles. The molecular weight excluding hydrogens is 730 g/mol. The number of hydrogen-bond acceptors (Lipinski definition) is 4. The third kappa shape index (κ3) is 57.6. The number of unbranched alkanes of at least 4 members (excludes halogenated alkanes) is 30. The van der Waals surface area contributed by atoms with Crippen LogP contribution >= 0.6 is 0 Å². The molecule has 0 rings (SSSR count). The zero-order chi connectivity index (χ0) is 35.4. The van der Waals surface area contributed by atoms with Crippen LogP contribution in [0.25, 0.3) is 0 Å². The number of carboxylic acids is 2. The second-order valence-electron chi connectivity index (χ2n) is 14.2. The van der Waals surface area contributed by atoms with E-state index in [4.69, 9.17) is 0 Å². The molecule has 0 fully saturated rings. The summed E-state index contributed by atoms with van der Waals surface area (Å²) in [6.07, 6.45) is 53.5. The van der Waals surface area contributed by atoms with Crippen molar-refractivity contribution in [2.45, 2.75) is 245 Å². The van der Waals surface area contributed by atoms with Crippen molar-refractivity contribution >= 4 is 60.8 Å². The Labute approximate surface area is 347 Å². The van der Waals surface area contributed by atoms with Gasteiger partial charge in [0.15, 0.2) is 0 Å². The van der Waals surface area contributed by atoms with Crippen molar-refractivity contribution in [3.05, 3.63) is 24.3 Å². The number of hydrogen-bond donors (Lipinski definition) is 0. The topological polar surface area (TPSA) is 80.3 Å². The van der Waals surface area contributed by atoms with E-state index in [1.807, 2.05) is 0 Å². The summed E-state index contributed by atoms with van der Waals surface area (Å²) in [6, 6.07) is 0. The van der Waals surface area contributed by atoms with Crippen molar-refractivity contribution in [2.75, 3.05) is 0 Å². The molecule has 0 aromatic rings. The molecule has 0 bridgehead atoms. The Hall–Kier alpha value is -0.00857. The van der Waals surface area contributed by atoms with Crippen LogP contribution in [0.3, 0.4) is 0 Å². The third-order valence-electron chi connectivity index (χ3n) is 9.29. The summed E-state index contributed by atoms with van der Waals surface area (Å²) in [7, 11) is 0. The molecule has 4 nitrogen and oxygen atoms in total. The molecule has 0 aliphatic heterocycles. The largest absolute Gasteiger partial charge is 2.00 e. The molecule has 0 saturated heterocycles. The Morgan fingerprint density at radius 1 is 0.327 bits per heavy atom. The summed E-state index contributed by atoms with van der Waals surface area (Å²) in [5, 5.41) is 20.5. The van der Waals surface area contributed by atoms with Crippen LogP contribution in [0.2, 0.25) is 0 Å². The van der Waals surface area contributed by atoms with Gasteiger partial charge in [-0.3, -0.25) is 0 Å². The number of allylic oxidation sites excluding steroid dienone is 4. The quantitative estimate of drug-likeness (QED) is 0.0353. The number of carbonyl (C=O) groups excluding carboxylic acids is 2. The maximum absolute atomic E-state index is 10.3. The molecule has 0 amide bonds. The fourth-order valence-corrected chi connectivity index (χ4v) is 6.09. The fourth-order valence-electron chi connectivity index (χ4n) is 6.09. The van der Waals surface area contributed by atoms with Gasteiger partial charge in [0.1, 0.15) is 0 Å². The van der Waals surface area contributed by atoms with Crippen LogP contribution in [-0.2, 0) is 9.59 Å². The van der Waals surface area contributed by atoms with Crippen molar-refractivity contribution in [3.8, 4) is 0 Å². The van der Waals surface area contributed by atoms with E-state index < -0.39 is 11.9 Å². The molecule has 0 saturated carbocycles. The smallest absolute Gasteiger partial charge is 0.550 e. The Kier molecular flexibility index (Phi) is 54.5. The van der Waals surface area contributed by atoms with Crippen molar-refractivity contribution in [1.29, 1.82) is 0 Å². The van der Waals surface area contributed by atoms with Crippen LogP contribution in [0.15, 0.2) is 24.3 Å². The van der Waals surface area contributed by atoms with Gasteiger partial charge in [-0.15, -0.1) is 0 Å². The first-order valence-corrected chi connectivity index (χ1v) is 21.2. The van der Waals surface area contributed by atoms with Crippen LogP contribution in [0.5, 0.6) is 0 Å². The molecule has 0 radical (unpaired) electrons. The minimum absolute atomic E-state index is 0. The number of carboxylic acid groups (broad SMARTS) is 2. The molecule has 284 valence electrons. The molecule has 49 heavy (non-hydrogen) atoms. The summed E-state index contributed by atoms with van der Waals surface area (Å²) < 4.78 is 0. The minimum atomic E-state index is -0.906. The van der Waals surface area contributed by atoms with Crippen LogP contribution in [-0.4, -0.2) is 60.8 Å². The molecule has 0 atom stereocenters. The average Bonchev–Trinajstić information content (AvgIpc) is 3.07. The number of aliphatic carboxylic acids is 2. The summed E-state index contributed by atoms with van der Waals surface area (Å²) >= 11 is 0. The molecule has 0 heterocycles. The van der Waals surface area contributed by atoms with Crippen molar-refractivity contribution in [1.82, 2.24) is 0 Å². The predicted octanol–water partition coefficient (Wildman–Crippen LogP) is 12.3. The molecule has 5 heteroatoms. The van der Waals surface area contributed by atoms with E-state index in [0.717, 1.165) is 25.7 Å². The van der Waals surface area contributed by atoms with Crippen LogP contribution < -0.4 is 10.2 Å². The Bertz CT molecular complexity index is 632. The van der Waals surface area contributed by atoms with Gasteiger partial charge in [0, 0.05) is 11.9 Å². The van der Waals surface area contributed by atoms with E-state index in [0.29, 0.717) is 0 Å². The molecule has 0 aromatic heterocycles. The van der Waals surface area contributed by atoms with E-state index in [2.05, 4.69) is 38.2 Å². The summed E-state index contributed by atoms with van der Waals surface area (Å²) in [5.74, 6) is -1.81. The Morgan fingerprint density at radius 2 is 0.510 bits per heavy atom. The SMILES string of the molecule is CCCCCCCC/C=C\CCCCCCCCCCCC(=O)[O-].CCCCCCCC/C=C\CCCCCCCCCCCC(=O)[O-].[Ba+2]. The summed E-state index contributed by atoms with van der Waals surface area (Å²) in [5.41, 5.74) is 0. The fraction of sp³-hybridized carbons (Fsp3) is 0.864. The van der Waals surface area contributed by atoms with Gasteiger partial charge in [-0.1, -0.05) is 192 Å². The maximum atomic E-state index is 10.3. The standard InChI is InChI=1S/2C22H42O2.Ba/c2*1-2-3-4-5-6-7-8-9-10-11-12-13-14-15-16-17-18-19-20-21-22(23)24;/h2*9-10H,2-8,11-21H2,1H3,(H,23,24);/q;;+2/p-2/b2*10-9-;. The Balaban J connectivity index is -0.000000846. The van der Waals surface area contributed by atoms with Gasteiger partial charge < -0.3 is 19.8 Å². The molecule has 0 spiro atoms. The zero-order valence-corrected chi connectivity index (χ0v) is 37.5. The van der Waals surface area contributed by atoms with Crippen molar-refractivity contribution in [3.63, 3.8) is 0 Å². The third-order valence-corrected chi connectivity index (χ3v) is 9.29. The van der Waals surface area contributed by atoms with Crippen LogP contribution in [0.1, 0.15) is 245 Å². The van der Waals surface area contributed by atoms with E-state index in [9.17, 15) is 19.8 Å². The van der Waals surface area contributed by atoms with Gasteiger partial charge in [0.05, 0.1) is 0 Å². The second-order valence-corrected chi connectivity index (χ2v) is 14.2. The normalized spacial score (nSPS) is 11.1. The van der Waals surface area contributed by atoms with Gasteiger partial charge in [-0.2, -0.15) is 0 Å². The van der Waals surface area contributed by atoms with Crippen LogP contribution in [0.4, 0.5) is 0 Å². The number of carbonyl (C=O) groups is 2. The Morgan fingerprint density at radius 3 is 0.714 bits per heavy atom. The first-order chi connectivity index (χ1) is 23.5. The minimum Gasteiger partial charge on any atom is -0.550 e. The van der Waals surface area contributed by atoms with Crippen LogP contribution in [0, 0.1) is 0 Å². The van der Waals surface area contributed by atoms with Crippen molar-refractivity contribution < 1.29 is 19.8 Å². The summed E-state index contributed by atoms with van der Waals surface area (Å²) in [6.45, 7) is 4.54. The van der Waals surface area contributed by atoms with Gasteiger partial charge in [-0.05, 0) is 77.0 Å². The zero-order valence-electron chi connectivity index (χ0n) is 33.1. The monoisotopic (exact) mass is 813 g/mol. The van der Waals surface area contributed by atoms with Gasteiger partial charge >= 0.3 is 48.9 Å². The van der Waals surface area contributed by atoms with E-state index in [1.165, 1.54) is 193 Å². The first kappa shape index (κ1) is 53.3. The van der Waals surface area contributed by atoms with Gasteiger partial charge in [0.25, 0.3) is 0 Å². The molecule has 0 N–H and O–H groups in total. The molecule has 0 unspecified atom stereocenters.